The van der Waals surface area contributed by atoms with Crippen molar-refractivity contribution in [3.05, 3.63) is 57.9 Å². The molecule has 1 aromatic carbocycles. The van der Waals surface area contributed by atoms with Crippen LogP contribution in [-0.2, 0) is 14.3 Å². The number of dihydropyridines is 1. The van der Waals surface area contributed by atoms with Gasteiger partial charge in [-0.15, -0.1) is 0 Å². The number of thioether (sulfide) groups is 1. The number of rotatable bonds is 6. The van der Waals surface area contributed by atoms with Gasteiger partial charge in [0.2, 0.25) is 0 Å². The SMILES string of the molecule is CCSCCOC(=O)C1=C(C)NC2=C(C(=O)CCC2)[C@@H]1c1ccc(F)c(F)c1. The summed E-state index contributed by atoms with van der Waals surface area (Å²) in [4.78, 5) is 25.6. The van der Waals surface area contributed by atoms with E-state index in [-0.39, 0.29) is 18.0 Å². The standard InChI is InChI=1S/C21H23F2NO3S/c1-3-28-10-9-27-21(26)18-12(2)24-16-5-4-6-17(25)20(16)19(18)13-7-8-14(22)15(23)11-13/h7-8,11,19,24H,3-6,9-10H2,1-2H3/t19-/m1/s1. The second-order valence-corrected chi connectivity index (χ2v) is 8.17. The molecule has 2 aliphatic rings. The molecule has 1 N–H and O–H groups in total. The largest absolute Gasteiger partial charge is 0.461 e. The van der Waals surface area contributed by atoms with Crippen molar-refractivity contribution in [2.75, 3.05) is 18.1 Å². The molecule has 1 heterocycles. The maximum atomic E-state index is 13.9. The average Bonchev–Trinajstić information content (AvgIpc) is 2.66. The lowest BCUT2D eigenvalue weighted by atomic mass is 9.75. The lowest BCUT2D eigenvalue weighted by Gasteiger charge is -2.34. The van der Waals surface area contributed by atoms with Crippen LogP contribution >= 0.6 is 11.8 Å². The summed E-state index contributed by atoms with van der Waals surface area (Å²) < 4.78 is 32.8. The lowest BCUT2D eigenvalue weighted by molar-refractivity contribution is -0.138. The van der Waals surface area contributed by atoms with Crippen molar-refractivity contribution in [2.24, 2.45) is 0 Å². The minimum Gasteiger partial charge on any atom is -0.461 e. The van der Waals surface area contributed by atoms with Crippen molar-refractivity contribution in [3.8, 4) is 0 Å². The van der Waals surface area contributed by atoms with E-state index in [1.165, 1.54) is 6.07 Å². The summed E-state index contributed by atoms with van der Waals surface area (Å²) in [7, 11) is 0. The molecule has 0 spiro atoms. The average molecular weight is 407 g/mol. The number of hydrogen-bond acceptors (Lipinski definition) is 5. The summed E-state index contributed by atoms with van der Waals surface area (Å²) in [5, 5.41) is 3.17. The Morgan fingerprint density at radius 3 is 2.79 bits per heavy atom. The van der Waals surface area contributed by atoms with Crippen LogP contribution < -0.4 is 5.32 Å². The van der Waals surface area contributed by atoms with Gasteiger partial charge < -0.3 is 10.1 Å². The van der Waals surface area contributed by atoms with E-state index in [1.807, 2.05) is 6.92 Å². The van der Waals surface area contributed by atoms with Gasteiger partial charge in [0.05, 0.1) is 5.57 Å². The highest BCUT2D eigenvalue weighted by Crippen LogP contribution is 2.42. The molecule has 0 aromatic heterocycles. The molecule has 1 aliphatic heterocycles. The van der Waals surface area contributed by atoms with E-state index in [2.05, 4.69) is 5.32 Å². The fourth-order valence-electron chi connectivity index (χ4n) is 3.69. The summed E-state index contributed by atoms with van der Waals surface area (Å²) in [5.41, 5.74) is 2.44. The number of ketones is 1. The van der Waals surface area contributed by atoms with Gasteiger partial charge in [-0.2, -0.15) is 11.8 Å². The minimum atomic E-state index is -1.01. The number of carbonyl (C=O) groups is 2. The number of halogens is 2. The highest BCUT2D eigenvalue weighted by Gasteiger charge is 2.39. The molecule has 0 amide bonds. The maximum absolute atomic E-state index is 13.9. The van der Waals surface area contributed by atoms with Gasteiger partial charge in [-0.3, -0.25) is 4.79 Å². The number of allylic oxidation sites excluding steroid dienone is 3. The van der Waals surface area contributed by atoms with Crippen LogP contribution in [0.1, 0.15) is 44.6 Å². The molecule has 0 saturated carbocycles. The number of Topliss-reactive ketones (excluding diaryl/α,β-unsaturated/α-hetero) is 1. The van der Waals surface area contributed by atoms with Gasteiger partial charge in [0.1, 0.15) is 6.61 Å². The molecule has 7 heteroatoms. The lowest BCUT2D eigenvalue weighted by Crippen LogP contribution is -2.34. The van der Waals surface area contributed by atoms with E-state index in [4.69, 9.17) is 4.74 Å². The Kier molecular flexibility index (Phi) is 6.54. The summed E-state index contributed by atoms with van der Waals surface area (Å²) in [5.74, 6) is -1.77. The number of nitrogens with one attached hydrogen (secondary N) is 1. The van der Waals surface area contributed by atoms with Gasteiger partial charge in [0.15, 0.2) is 17.4 Å². The highest BCUT2D eigenvalue weighted by atomic mass is 32.2. The van der Waals surface area contributed by atoms with Crippen LogP contribution in [0.2, 0.25) is 0 Å². The minimum absolute atomic E-state index is 0.0807. The monoisotopic (exact) mass is 407 g/mol. The van der Waals surface area contributed by atoms with Gasteiger partial charge >= 0.3 is 5.97 Å². The second kappa shape index (κ2) is 8.90. The smallest absolute Gasteiger partial charge is 0.336 e. The van der Waals surface area contributed by atoms with E-state index in [1.54, 1.807) is 18.7 Å². The number of ether oxygens (including phenoxy) is 1. The molecule has 0 bridgehead atoms. The zero-order valence-electron chi connectivity index (χ0n) is 15.9. The Bertz CT molecular complexity index is 863. The van der Waals surface area contributed by atoms with E-state index < -0.39 is 23.5 Å². The molecule has 1 aromatic rings. The molecule has 0 fully saturated rings. The molecule has 150 valence electrons. The van der Waals surface area contributed by atoms with Gasteiger partial charge in [0, 0.05) is 35.1 Å². The fourth-order valence-corrected chi connectivity index (χ4v) is 4.18. The van der Waals surface area contributed by atoms with Crippen molar-refractivity contribution in [3.63, 3.8) is 0 Å². The van der Waals surface area contributed by atoms with Gasteiger partial charge in [-0.25, -0.2) is 13.6 Å². The Morgan fingerprint density at radius 1 is 1.29 bits per heavy atom. The van der Waals surface area contributed by atoms with Crippen LogP contribution in [0.4, 0.5) is 8.78 Å². The molecular weight excluding hydrogens is 384 g/mol. The van der Waals surface area contributed by atoms with Crippen molar-refractivity contribution < 1.29 is 23.1 Å². The number of carbonyl (C=O) groups excluding carboxylic acids is 2. The molecule has 4 nitrogen and oxygen atoms in total. The van der Waals surface area contributed by atoms with E-state index in [0.29, 0.717) is 35.4 Å². The predicted molar refractivity (Wildman–Crippen MR) is 105 cm³/mol. The number of benzene rings is 1. The zero-order chi connectivity index (χ0) is 20.3. The third-order valence-corrected chi connectivity index (χ3v) is 5.80. The van der Waals surface area contributed by atoms with Gasteiger partial charge in [0.25, 0.3) is 0 Å². The molecular formula is C21H23F2NO3S. The Morgan fingerprint density at radius 2 is 2.07 bits per heavy atom. The van der Waals surface area contributed by atoms with Crippen molar-refractivity contribution in [1.29, 1.82) is 0 Å². The molecule has 28 heavy (non-hydrogen) atoms. The zero-order valence-corrected chi connectivity index (χ0v) is 16.8. The first-order valence-electron chi connectivity index (χ1n) is 9.37. The quantitative estimate of drug-likeness (QED) is 0.565. The van der Waals surface area contributed by atoms with Crippen LogP contribution in [-0.4, -0.2) is 29.9 Å². The maximum Gasteiger partial charge on any atom is 0.336 e. The first-order valence-corrected chi connectivity index (χ1v) is 10.5. The van der Waals surface area contributed by atoms with E-state index in [9.17, 15) is 18.4 Å². The van der Waals surface area contributed by atoms with Crippen LogP contribution in [0.3, 0.4) is 0 Å². The van der Waals surface area contributed by atoms with E-state index >= 15 is 0 Å². The molecule has 3 rings (SSSR count). The molecule has 0 unspecified atom stereocenters. The number of esters is 1. The van der Waals surface area contributed by atoms with Crippen molar-refractivity contribution in [1.82, 2.24) is 5.32 Å². The van der Waals surface area contributed by atoms with Gasteiger partial charge in [-0.1, -0.05) is 13.0 Å². The Hall–Kier alpha value is -2.15. The molecule has 0 radical (unpaired) electrons. The normalized spacial score (nSPS) is 19.4. The predicted octanol–water partition coefficient (Wildman–Crippen LogP) is 4.23. The topological polar surface area (TPSA) is 55.4 Å². The van der Waals surface area contributed by atoms with Crippen LogP contribution in [0, 0.1) is 11.6 Å². The molecule has 0 saturated heterocycles. The highest BCUT2D eigenvalue weighted by molar-refractivity contribution is 7.99. The summed E-state index contributed by atoms with van der Waals surface area (Å²) >= 11 is 1.65. The van der Waals surface area contributed by atoms with Crippen LogP contribution in [0.25, 0.3) is 0 Å². The third kappa shape index (κ3) is 4.14. The van der Waals surface area contributed by atoms with Crippen LogP contribution in [0.5, 0.6) is 0 Å². The summed E-state index contributed by atoms with van der Waals surface area (Å²) in [6, 6.07) is 3.51. The van der Waals surface area contributed by atoms with Gasteiger partial charge in [-0.05, 0) is 43.2 Å². The molecule has 1 atom stereocenters. The summed E-state index contributed by atoms with van der Waals surface area (Å²) in [6.07, 6.45) is 1.76. The summed E-state index contributed by atoms with van der Waals surface area (Å²) in [6.45, 7) is 4.01. The fraction of sp³-hybridized carbons (Fsp3) is 0.429. The molecule has 1 aliphatic carbocycles. The van der Waals surface area contributed by atoms with Crippen molar-refractivity contribution >= 4 is 23.5 Å². The Balaban J connectivity index is 2.01. The van der Waals surface area contributed by atoms with Crippen LogP contribution in [0.15, 0.2) is 40.7 Å². The Labute approximate surface area is 167 Å². The second-order valence-electron chi connectivity index (χ2n) is 6.77. The van der Waals surface area contributed by atoms with E-state index in [0.717, 1.165) is 30.0 Å². The first-order chi connectivity index (χ1) is 13.4. The number of hydrogen-bond donors (Lipinski definition) is 1. The first kappa shape index (κ1) is 20.6. The van der Waals surface area contributed by atoms with Crippen molar-refractivity contribution in [2.45, 2.75) is 39.0 Å². The third-order valence-electron chi connectivity index (χ3n) is 4.94.